The van der Waals surface area contributed by atoms with E-state index in [0.29, 0.717) is 0 Å². The number of rotatable bonds is 5. The summed E-state index contributed by atoms with van der Waals surface area (Å²) in [5, 5.41) is 6.81. The van der Waals surface area contributed by atoms with Crippen LogP contribution < -0.4 is 10.1 Å². The Labute approximate surface area is 179 Å². The molecule has 0 aliphatic rings. The van der Waals surface area contributed by atoms with Crippen LogP contribution in [-0.2, 0) is 0 Å². The standard InChI is InChI=1S/C26H20N2OS/c1-29-21-16-14-19(15-17-21)24-25(20-9-3-2-4-10-20)30-26(28-24)27-23-13-7-11-18-8-5-6-12-22(18)23/h2-17H,1H3,(H,27,28). The first-order valence-corrected chi connectivity index (χ1v) is 10.6. The summed E-state index contributed by atoms with van der Waals surface area (Å²) in [4.78, 5) is 6.12. The van der Waals surface area contributed by atoms with E-state index in [-0.39, 0.29) is 0 Å². The van der Waals surface area contributed by atoms with Crippen LogP contribution in [0.1, 0.15) is 0 Å². The maximum absolute atomic E-state index is 5.31. The summed E-state index contributed by atoms with van der Waals surface area (Å²) in [6, 6.07) is 33.1. The van der Waals surface area contributed by atoms with Crippen molar-refractivity contribution >= 4 is 32.9 Å². The van der Waals surface area contributed by atoms with Crippen LogP contribution in [0.2, 0.25) is 0 Å². The van der Waals surface area contributed by atoms with Gasteiger partial charge in [0.15, 0.2) is 5.13 Å². The number of benzene rings is 4. The Morgan fingerprint density at radius 3 is 2.27 bits per heavy atom. The monoisotopic (exact) mass is 408 g/mol. The van der Waals surface area contributed by atoms with Crippen LogP contribution in [0.4, 0.5) is 10.8 Å². The van der Waals surface area contributed by atoms with Crippen LogP contribution in [-0.4, -0.2) is 12.1 Å². The molecule has 1 heterocycles. The summed E-state index contributed by atoms with van der Waals surface area (Å²) in [6.45, 7) is 0. The Balaban J connectivity index is 1.60. The van der Waals surface area contributed by atoms with Gasteiger partial charge in [-0.3, -0.25) is 0 Å². The molecule has 0 saturated carbocycles. The second-order valence-electron chi connectivity index (χ2n) is 6.94. The van der Waals surface area contributed by atoms with Gasteiger partial charge in [-0.1, -0.05) is 78.1 Å². The lowest BCUT2D eigenvalue weighted by Gasteiger charge is -2.07. The molecule has 0 aliphatic carbocycles. The molecule has 3 nitrogen and oxygen atoms in total. The summed E-state index contributed by atoms with van der Waals surface area (Å²) < 4.78 is 5.31. The van der Waals surface area contributed by atoms with Crippen molar-refractivity contribution in [3.8, 4) is 27.4 Å². The topological polar surface area (TPSA) is 34.1 Å². The third kappa shape index (κ3) is 3.53. The Bertz CT molecular complexity index is 1290. The Morgan fingerprint density at radius 1 is 0.733 bits per heavy atom. The molecule has 0 bridgehead atoms. The zero-order chi connectivity index (χ0) is 20.3. The lowest BCUT2D eigenvalue weighted by molar-refractivity contribution is 0.415. The molecule has 5 rings (SSSR count). The molecule has 0 saturated heterocycles. The van der Waals surface area contributed by atoms with Crippen LogP contribution >= 0.6 is 11.3 Å². The van der Waals surface area contributed by atoms with Gasteiger partial charge in [-0.2, -0.15) is 0 Å². The molecule has 0 amide bonds. The molecule has 0 spiro atoms. The Kier molecular flexibility index (Phi) is 4.91. The quantitative estimate of drug-likeness (QED) is 0.329. The highest BCUT2D eigenvalue weighted by Crippen LogP contribution is 2.40. The van der Waals surface area contributed by atoms with E-state index in [1.807, 2.05) is 18.2 Å². The van der Waals surface area contributed by atoms with Crippen molar-refractivity contribution in [3.63, 3.8) is 0 Å². The van der Waals surface area contributed by atoms with Crippen molar-refractivity contribution in [1.82, 2.24) is 4.98 Å². The number of fused-ring (bicyclic) bond motifs is 1. The smallest absolute Gasteiger partial charge is 0.188 e. The van der Waals surface area contributed by atoms with Crippen LogP contribution in [0.25, 0.3) is 32.5 Å². The first-order valence-electron chi connectivity index (χ1n) is 9.77. The molecule has 0 unspecified atom stereocenters. The first-order chi connectivity index (χ1) is 14.8. The highest BCUT2D eigenvalue weighted by atomic mass is 32.1. The zero-order valence-corrected chi connectivity index (χ0v) is 17.3. The molecule has 1 N–H and O–H groups in total. The van der Waals surface area contributed by atoms with Gasteiger partial charge >= 0.3 is 0 Å². The number of anilines is 2. The van der Waals surface area contributed by atoms with Gasteiger partial charge in [0, 0.05) is 16.6 Å². The predicted molar refractivity (Wildman–Crippen MR) is 127 cm³/mol. The summed E-state index contributed by atoms with van der Waals surface area (Å²) in [6.07, 6.45) is 0. The second kappa shape index (κ2) is 8.01. The van der Waals surface area contributed by atoms with Gasteiger partial charge in [0.05, 0.1) is 17.7 Å². The minimum atomic E-state index is 0.837. The van der Waals surface area contributed by atoms with Crippen LogP contribution in [0, 0.1) is 0 Å². The lowest BCUT2D eigenvalue weighted by Crippen LogP contribution is -1.91. The number of methoxy groups -OCH3 is 1. The van der Waals surface area contributed by atoms with Gasteiger partial charge in [-0.15, -0.1) is 0 Å². The van der Waals surface area contributed by atoms with E-state index in [0.717, 1.165) is 38.3 Å². The fourth-order valence-corrected chi connectivity index (χ4v) is 4.56. The average Bonchev–Trinajstić information content (AvgIpc) is 3.24. The third-order valence-electron chi connectivity index (χ3n) is 5.06. The van der Waals surface area contributed by atoms with Gasteiger partial charge in [0.1, 0.15) is 5.75 Å². The van der Waals surface area contributed by atoms with Crippen molar-refractivity contribution in [2.75, 3.05) is 12.4 Å². The summed E-state index contributed by atoms with van der Waals surface area (Å²) >= 11 is 1.67. The zero-order valence-electron chi connectivity index (χ0n) is 16.5. The summed E-state index contributed by atoms with van der Waals surface area (Å²) in [5.41, 5.74) is 4.25. The lowest BCUT2D eigenvalue weighted by atomic mass is 10.1. The number of nitrogens with zero attached hydrogens (tertiary/aromatic N) is 1. The van der Waals surface area contributed by atoms with Crippen LogP contribution in [0.15, 0.2) is 97.1 Å². The van der Waals surface area contributed by atoms with Crippen LogP contribution in [0.3, 0.4) is 0 Å². The molecule has 146 valence electrons. The van der Waals surface area contributed by atoms with E-state index in [1.54, 1.807) is 18.4 Å². The Morgan fingerprint density at radius 2 is 1.47 bits per heavy atom. The van der Waals surface area contributed by atoms with Crippen molar-refractivity contribution in [1.29, 1.82) is 0 Å². The molecule has 1 aromatic heterocycles. The van der Waals surface area contributed by atoms with E-state index in [4.69, 9.17) is 9.72 Å². The number of hydrogen-bond donors (Lipinski definition) is 1. The molecule has 4 heteroatoms. The summed E-state index contributed by atoms with van der Waals surface area (Å²) in [7, 11) is 1.68. The number of thiazole rings is 1. The fourth-order valence-electron chi connectivity index (χ4n) is 3.55. The summed E-state index contributed by atoms with van der Waals surface area (Å²) in [5.74, 6) is 0.837. The average molecular weight is 409 g/mol. The molecule has 0 fully saturated rings. The normalized spacial score (nSPS) is 10.8. The predicted octanol–water partition coefficient (Wildman–Crippen LogP) is 7.38. The van der Waals surface area contributed by atoms with Crippen molar-refractivity contribution in [3.05, 3.63) is 97.1 Å². The minimum Gasteiger partial charge on any atom is -0.497 e. The van der Waals surface area contributed by atoms with Gasteiger partial charge in [-0.25, -0.2) is 4.98 Å². The van der Waals surface area contributed by atoms with Crippen molar-refractivity contribution in [2.24, 2.45) is 0 Å². The third-order valence-corrected chi connectivity index (χ3v) is 6.08. The number of aromatic nitrogens is 1. The van der Waals surface area contributed by atoms with Gasteiger partial charge in [0.25, 0.3) is 0 Å². The van der Waals surface area contributed by atoms with Gasteiger partial charge < -0.3 is 10.1 Å². The van der Waals surface area contributed by atoms with E-state index in [1.165, 1.54) is 10.8 Å². The molecule has 0 atom stereocenters. The molecule has 0 radical (unpaired) electrons. The van der Waals surface area contributed by atoms with Crippen molar-refractivity contribution < 1.29 is 4.74 Å². The van der Waals surface area contributed by atoms with E-state index < -0.39 is 0 Å². The molecule has 4 aromatic carbocycles. The maximum Gasteiger partial charge on any atom is 0.188 e. The molecule has 0 aliphatic heterocycles. The number of nitrogens with one attached hydrogen (secondary N) is 1. The highest BCUT2D eigenvalue weighted by molar-refractivity contribution is 7.19. The number of ether oxygens (including phenoxy) is 1. The minimum absolute atomic E-state index is 0.837. The molecular formula is C26H20N2OS. The molecule has 5 aromatic rings. The maximum atomic E-state index is 5.31. The second-order valence-corrected chi connectivity index (χ2v) is 7.94. The van der Waals surface area contributed by atoms with E-state index in [2.05, 4.69) is 84.2 Å². The van der Waals surface area contributed by atoms with E-state index >= 15 is 0 Å². The highest BCUT2D eigenvalue weighted by Gasteiger charge is 2.16. The Hall–Kier alpha value is -3.63. The van der Waals surface area contributed by atoms with Crippen molar-refractivity contribution in [2.45, 2.75) is 0 Å². The molecule has 30 heavy (non-hydrogen) atoms. The SMILES string of the molecule is COc1ccc(-c2nc(Nc3cccc4ccccc34)sc2-c2ccccc2)cc1. The largest absolute Gasteiger partial charge is 0.497 e. The molecular weight excluding hydrogens is 388 g/mol. The van der Waals surface area contributed by atoms with E-state index in [9.17, 15) is 0 Å². The van der Waals surface area contributed by atoms with Gasteiger partial charge in [-0.05, 0) is 41.3 Å². The fraction of sp³-hybridized carbons (Fsp3) is 0.0385. The first kappa shape index (κ1) is 18.4. The number of hydrogen-bond acceptors (Lipinski definition) is 4. The van der Waals surface area contributed by atoms with Gasteiger partial charge in [0.2, 0.25) is 0 Å². The van der Waals surface area contributed by atoms with Crippen LogP contribution in [0.5, 0.6) is 5.75 Å².